The third-order valence-corrected chi connectivity index (χ3v) is 4.68. The van der Waals surface area contributed by atoms with Crippen molar-refractivity contribution in [3.63, 3.8) is 0 Å². The second-order valence-corrected chi connectivity index (χ2v) is 6.72. The van der Waals surface area contributed by atoms with Gasteiger partial charge in [-0.3, -0.25) is 4.72 Å². The summed E-state index contributed by atoms with van der Waals surface area (Å²) in [5.41, 5.74) is 1.35. The van der Waals surface area contributed by atoms with Crippen molar-refractivity contribution in [3.05, 3.63) is 72.3 Å². The van der Waals surface area contributed by atoms with E-state index >= 15 is 0 Å². The van der Waals surface area contributed by atoms with E-state index in [0.717, 1.165) is 11.6 Å². The number of halogens is 1. The molecule has 0 amide bonds. The number of aryl methyl sites for hydroxylation is 1. The monoisotopic (exact) mass is 331 g/mol. The summed E-state index contributed by atoms with van der Waals surface area (Å²) in [5, 5.41) is 3.95. The molecule has 0 fully saturated rings. The Labute approximate surface area is 133 Å². The zero-order chi connectivity index (χ0) is 16.4. The first-order chi connectivity index (χ1) is 11.0. The van der Waals surface area contributed by atoms with Crippen LogP contribution < -0.4 is 4.72 Å². The van der Waals surface area contributed by atoms with Gasteiger partial charge in [0.15, 0.2) is 5.82 Å². The van der Waals surface area contributed by atoms with Crippen molar-refractivity contribution >= 4 is 15.7 Å². The van der Waals surface area contributed by atoms with Crippen molar-refractivity contribution in [2.75, 3.05) is 4.72 Å². The van der Waals surface area contributed by atoms with Gasteiger partial charge in [0.05, 0.1) is 10.6 Å². The molecule has 0 bridgehead atoms. The summed E-state index contributed by atoms with van der Waals surface area (Å²) in [4.78, 5) is 0.125. The Morgan fingerprint density at radius 2 is 1.87 bits per heavy atom. The van der Waals surface area contributed by atoms with Gasteiger partial charge in [0.25, 0.3) is 10.0 Å². The first-order valence-electron chi connectivity index (χ1n) is 6.85. The Morgan fingerprint density at radius 1 is 1.13 bits per heavy atom. The molecule has 0 radical (unpaired) electrons. The highest BCUT2D eigenvalue weighted by Gasteiger charge is 2.15. The molecule has 0 atom stereocenters. The minimum absolute atomic E-state index is 0.125. The summed E-state index contributed by atoms with van der Waals surface area (Å²) in [6.07, 6.45) is 3.14. The molecule has 1 heterocycles. The highest BCUT2D eigenvalue weighted by Crippen LogP contribution is 2.21. The molecule has 0 aliphatic rings. The van der Waals surface area contributed by atoms with Crippen molar-refractivity contribution in [3.8, 4) is 5.69 Å². The molecule has 0 saturated carbocycles. The van der Waals surface area contributed by atoms with Gasteiger partial charge in [-0.25, -0.2) is 17.5 Å². The fraction of sp³-hybridized carbons (Fsp3) is 0.0625. The SMILES string of the molecule is Cc1ccc(S(=O)(=O)Nc2ccc(-n3cccn3)c(F)c2)cc1. The van der Waals surface area contributed by atoms with Gasteiger partial charge in [0, 0.05) is 18.5 Å². The first kappa shape index (κ1) is 15.2. The number of nitrogens with zero attached hydrogens (tertiary/aromatic N) is 2. The lowest BCUT2D eigenvalue weighted by Crippen LogP contribution is -2.13. The molecular formula is C16H14FN3O2S. The van der Waals surface area contributed by atoms with Crippen LogP contribution in [0.3, 0.4) is 0 Å². The standard InChI is InChI=1S/C16H14FN3O2S/c1-12-3-6-14(7-4-12)23(21,22)19-13-5-8-16(15(17)11-13)20-10-2-9-18-20/h2-11,19H,1H3. The van der Waals surface area contributed by atoms with Crippen molar-refractivity contribution < 1.29 is 12.8 Å². The quantitative estimate of drug-likeness (QED) is 0.799. The van der Waals surface area contributed by atoms with Gasteiger partial charge in [-0.2, -0.15) is 5.10 Å². The molecule has 1 aromatic heterocycles. The van der Waals surface area contributed by atoms with E-state index in [1.165, 1.54) is 35.1 Å². The number of hydrogen-bond acceptors (Lipinski definition) is 3. The number of benzene rings is 2. The molecule has 0 spiro atoms. The van der Waals surface area contributed by atoms with Gasteiger partial charge < -0.3 is 0 Å². The Morgan fingerprint density at radius 3 is 2.48 bits per heavy atom. The van der Waals surface area contributed by atoms with E-state index in [4.69, 9.17) is 0 Å². The predicted molar refractivity (Wildman–Crippen MR) is 85.5 cm³/mol. The van der Waals surface area contributed by atoms with E-state index in [1.54, 1.807) is 24.4 Å². The second kappa shape index (κ2) is 5.85. The van der Waals surface area contributed by atoms with Crippen molar-refractivity contribution in [1.29, 1.82) is 0 Å². The maximum absolute atomic E-state index is 14.1. The van der Waals surface area contributed by atoms with E-state index in [2.05, 4.69) is 9.82 Å². The van der Waals surface area contributed by atoms with Gasteiger partial charge in [0.1, 0.15) is 5.69 Å². The molecule has 23 heavy (non-hydrogen) atoms. The zero-order valence-electron chi connectivity index (χ0n) is 12.3. The molecule has 118 valence electrons. The number of rotatable bonds is 4. The van der Waals surface area contributed by atoms with Crippen molar-refractivity contribution in [2.24, 2.45) is 0 Å². The fourth-order valence-electron chi connectivity index (χ4n) is 2.10. The van der Waals surface area contributed by atoms with Crippen molar-refractivity contribution in [1.82, 2.24) is 9.78 Å². The summed E-state index contributed by atoms with van der Waals surface area (Å²) in [6.45, 7) is 1.87. The smallest absolute Gasteiger partial charge is 0.261 e. The van der Waals surface area contributed by atoms with Crippen LogP contribution in [0.15, 0.2) is 65.8 Å². The molecule has 3 aromatic rings. The second-order valence-electron chi connectivity index (χ2n) is 5.04. The molecule has 1 N–H and O–H groups in total. The third-order valence-electron chi connectivity index (χ3n) is 3.28. The summed E-state index contributed by atoms with van der Waals surface area (Å²) in [7, 11) is -3.75. The zero-order valence-corrected chi connectivity index (χ0v) is 13.1. The minimum Gasteiger partial charge on any atom is -0.280 e. The molecule has 0 unspecified atom stereocenters. The average molecular weight is 331 g/mol. The number of sulfonamides is 1. The lowest BCUT2D eigenvalue weighted by Gasteiger charge is -2.10. The van der Waals surface area contributed by atoms with Crippen LogP contribution in [0.1, 0.15) is 5.56 Å². The topological polar surface area (TPSA) is 64.0 Å². The molecular weight excluding hydrogens is 317 g/mol. The Kier molecular flexibility index (Phi) is 3.87. The van der Waals surface area contributed by atoms with Crippen LogP contribution in [0.5, 0.6) is 0 Å². The average Bonchev–Trinajstić information content (AvgIpc) is 3.01. The van der Waals surface area contributed by atoms with E-state index in [0.29, 0.717) is 0 Å². The Balaban J connectivity index is 1.88. The van der Waals surface area contributed by atoms with Crippen LogP contribution >= 0.6 is 0 Å². The number of nitrogens with one attached hydrogen (secondary N) is 1. The maximum atomic E-state index is 14.1. The molecule has 2 aromatic carbocycles. The number of aromatic nitrogens is 2. The summed E-state index contributed by atoms with van der Waals surface area (Å²) in [5.74, 6) is -0.571. The van der Waals surface area contributed by atoms with Gasteiger partial charge in [0.2, 0.25) is 0 Å². The van der Waals surface area contributed by atoms with Crippen LogP contribution in [0, 0.1) is 12.7 Å². The van der Waals surface area contributed by atoms with E-state index < -0.39 is 15.8 Å². The lowest BCUT2D eigenvalue weighted by atomic mass is 10.2. The van der Waals surface area contributed by atoms with Gasteiger partial charge >= 0.3 is 0 Å². The molecule has 0 saturated heterocycles. The molecule has 5 nitrogen and oxygen atoms in total. The van der Waals surface area contributed by atoms with Gasteiger partial charge in [-0.15, -0.1) is 0 Å². The highest BCUT2D eigenvalue weighted by molar-refractivity contribution is 7.92. The van der Waals surface area contributed by atoms with E-state index in [-0.39, 0.29) is 16.3 Å². The number of anilines is 1. The maximum Gasteiger partial charge on any atom is 0.261 e. The van der Waals surface area contributed by atoms with Crippen LogP contribution in [0.4, 0.5) is 10.1 Å². The number of hydrogen-bond donors (Lipinski definition) is 1. The normalized spacial score (nSPS) is 11.4. The molecule has 0 aliphatic heterocycles. The molecule has 7 heteroatoms. The summed E-state index contributed by atoms with van der Waals surface area (Å²) < 4.78 is 42.5. The highest BCUT2D eigenvalue weighted by atomic mass is 32.2. The molecule has 3 rings (SSSR count). The first-order valence-corrected chi connectivity index (χ1v) is 8.33. The Hall–Kier alpha value is -2.67. The van der Waals surface area contributed by atoms with Crippen LogP contribution in [-0.2, 0) is 10.0 Å². The minimum atomic E-state index is -3.75. The van der Waals surface area contributed by atoms with Crippen molar-refractivity contribution in [2.45, 2.75) is 11.8 Å². The molecule has 0 aliphatic carbocycles. The predicted octanol–water partition coefficient (Wildman–Crippen LogP) is 3.12. The lowest BCUT2D eigenvalue weighted by molar-refractivity contribution is 0.600. The summed E-state index contributed by atoms with van der Waals surface area (Å²) in [6, 6.07) is 12.2. The Bertz CT molecular complexity index is 920. The fourth-order valence-corrected chi connectivity index (χ4v) is 3.15. The van der Waals surface area contributed by atoms with Crippen LogP contribution in [0.2, 0.25) is 0 Å². The van der Waals surface area contributed by atoms with Crippen LogP contribution in [-0.4, -0.2) is 18.2 Å². The summed E-state index contributed by atoms with van der Waals surface area (Å²) >= 11 is 0. The van der Waals surface area contributed by atoms with E-state index in [1.807, 2.05) is 6.92 Å². The van der Waals surface area contributed by atoms with Gasteiger partial charge in [-0.1, -0.05) is 17.7 Å². The van der Waals surface area contributed by atoms with E-state index in [9.17, 15) is 12.8 Å². The van der Waals surface area contributed by atoms with Crippen LogP contribution in [0.25, 0.3) is 5.69 Å². The van der Waals surface area contributed by atoms with Gasteiger partial charge in [-0.05, 0) is 37.3 Å². The largest absolute Gasteiger partial charge is 0.280 e. The third kappa shape index (κ3) is 3.24.